The maximum atomic E-state index is 14.7. The lowest BCUT2D eigenvalue weighted by molar-refractivity contribution is 0.0526. The number of carbonyl (C=O) groups is 1. The van der Waals surface area contributed by atoms with Gasteiger partial charge in [0, 0.05) is 11.3 Å². The summed E-state index contributed by atoms with van der Waals surface area (Å²) in [6, 6.07) is 3.25. The van der Waals surface area contributed by atoms with Crippen molar-refractivity contribution in [1.29, 1.82) is 5.41 Å². The van der Waals surface area contributed by atoms with Crippen LogP contribution in [0.3, 0.4) is 0 Å². The average molecular weight is 459 g/mol. The van der Waals surface area contributed by atoms with Gasteiger partial charge in [-0.15, -0.1) is 11.6 Å². The van der Waals surface area contributed by atoms with E-state index < -0.39 is 24.5 Å². The summed E-state index contributed by atoms with van der Waals surface area (Å²) in [5.74, 6) is -1.46. The Bertz CT molecular complexity index is 1060. The first-order valence-corrected chi connectivity index (χ1v) is 10.3. The van der Waals surface area contributed by atoms with Gasteiger partial charge in [-0.3, -0.25) is 4.79 Å². The predicted molar refractivity (Wildman–Crippen MR) is 122 cm³/mol. The number of nitrogens with zero attached hydrogens (tertiary/aromatic N) is 1. The molecule has 0 saturated heterocycles. The molecule has 1 heterocycles. The molecule has 0 radical (unpaired) electrons. The molecule has 6 N–H and O–H groups in total. The maximum Gasteiger partial charge on any atom is 0.256 e. The molecule has 3 rings (SSSR count). The Kier molecular flexibility index (Phi) is 7.50. The first-order valence-electron chi connectivity index (χ1n) is 9.91. The van der Waals surface area contributed by atoms with Crippen molar-refractivity contribution in [2.24, 2.45) is 5.73 Å². The van der Waals surface area contributed by atoms with Crippen LogP contribution in [-0.4, -0.2) is 51.4 Å². The van der Waals surface area contributed by atoms with Crippen molar-refractivity contribution >= 4 is 23.2 Å². The Hall–Kier alpha value is -3.36. The third-order valence-electron chi connectivity index (χ3n) is 5.07. The van der Waals surface area contributed by atoms with Crippen LogP contribution in [0.2, 0.25) is 0 Å². The lowest BCUT2D eigenvalue weighted by Crippen LogP contribution is -2.44. The van der Waals surface area contributed by atoms with E-state index in [1.54, 1.807) is 24.4 Å². The molecule has 0 fully saturated rings. The minimum Gasteiger partial charge on any atom is -0.510 e. The molecule has 0 bridgehead atoms. The van der Waals surface area contributed by atoms with Gasteiger partial charge in [-0.2, -0.15) is 0 Å². The van der Waals surface area contributed by atoms with Crippen LogP contribution in [0.25, 0.3) is 0 Å². The van der Waals surface area contributed by atoms with Gasteiger partial charge in [-0.05, 0) is 48.6 Å². The summed E-state index contributed by atoms with van der Waals surface area (Å²) in [6.07, 6.45) is 11.9. The van der Waals surface area contributed by atoms with Gasteiger partial charge in [0.25, 0.3) is 5.91 Å². The summed E-state index contributed by atoms with van der Waals surface area (Å²) >= 11 is 6.01. The van der Waals surface area contributed by atoms with Crippen molar-refractivity contribution in [3.63, 3.8) is 0 Å². The number of aliphatic hydroxyl groups is 2. The summed E-state index contributed by atoms with van der Waals surface area (Å²) in [7, 11) is 0. The third kappa shape index (κ3) is 5.27. The predicted octanol–water partition coefficient (Wildman–Crippen LogP) is 2.85. The van der Waals surface area contributed by atoms with Crippen molar-refractivity contribution < 1.29 is 19.4 Å². The van der Waals surface area contributed by atoms with Crippen molar-refractivity contribution in [3.05, 3.63) is 94.8 Å². The number of carbonyl (C=O) groups excluding carboxylic acids is 1. The molecular formula is C23H24ClFN4O3. The summed E-state index contributed by atoms with van der Waals surface area (Å²) in [6.45, 7) is -0.729. The largest absolute Gasteiger partial charge is 0.510 e. The lowest BCUT2D eigenvalue weighted by atomic mass is 9.98. The number of amides is 1. The number of hydrogen-bond donors (Lipinski definition) is 5. The number of aliphatic hydroxyl groups excluding tert-OH is 2. The standard InChI is InChI=1S/C23H24ClFN4O3/c24-15-8-6-14(7-9-15)18(26)11-19(27)22-16(3-1-4-17(22)25)23(32)29(13-30)12-20-21(31)5-2-10-28-20/h1-8,10-11,15,20,27-28,30-31H,9,12-13,26H2/b18-11-,27-19?. The maximum absolute atomic E-state index is 14.7. The Labute approximate surface area is 190 Å². The third-order valence-corrected chi connectivity index (χ3v) is 5.40. The van der Waals surface area contributed by atoms with Crippen molar-refractivity contribution in [1.82, 2.24) is 10.2 Å². The SMILES string of the molecule is N=C(/C=C(\N)C1=CCC(Cl)C=C1)c1c(F)cccc1C(=O)N(CO)CC1NC=CC=C1O. The number of halogens is 2. The highest BCUT2D eigenvalue weighted by Crippen LogP contribution is 2.22. The van der Waals surface area contributed by atoms with Crippen molar-refractivity contribution in [3.8, 4) is 0 Å². The summed E-state index contributed by atoms with van der Waals surface area (Å²) in [5, 5.41) is 30.9. The van der Waals surface area contributed by atoms with E-state index in [1.807, 2.05) is 6.08 Å². The molecule has 0 aromatic heterocycles. The van der Waals surface area contributed by atoms with Crippen LogP contribution in [0.5, 0.6) is 0 Å². The van der Waals surface area contributed by atoms with Crippen molar-refractivity contribution in [2.45, 2.75) is 17.8 Å². The zero-order chi connectivity index (χ0) is 23.3. The van der Waals surface area contributed by atoms with Gasteiger partial charge in [-0.1, -0.05) is 24.3 Å². The molecule has 1 aromatic rings. The average Bonchev–Trinajstić information content (AvgIpc) is 2.78. The van der Waals surface area contributed by atoms with E-state index in [2.05, 4.69) is 5.32 Å². The molecule has 2 atom stereocenters. The van der Waals surface area contributed by atoms with E-state index in [4.69, 9.17) is 22.7 Å². The molecule has 9 heteroatoms. The van der Waals surface area contributed by atoms with Crippen LogP contribution in [0.1, 0.15) is 22.3 Å². The molecule has 0 saturated carbocycles. The number of nitrogens with one attached hydrogen (secondary N) is 2. The molecule has 1 amide bonds. The van der Waals surface area contributed by atoms with Gasteiger partial charge in [0.2, 0.25) is 0 Å². The number of alkyl halides is 1. The van der Waals surface area contributed by atoms with Gasteiger partial charge in [0.15, 0.2) is 0 Å². The van der Waals surface area contributed by atoms with Crippen LogP contribution >= 0.6 is 11.6 Å². The number of allylic oxidation sites excluding steroid dienone is 6. The number of nitrogens with two attached hydrogens (primary N) is 1. The summed E-state index contributed by atoms with van der Waals surface area (Å²) < 4.78 is 14.7. The minimum atomic E-state index is -0.766. The van der Waals surface area contributed by atoms with Crippen LogP contribution in [-0.2, 0) is 0 Å². The van der Waals surface area contributed by atoms with E-state index in [0.717, 1.165) is 11.0 Å². The second kappa shape index (κ2) is 10.3. The zero-order valence-corrected chi connectivity index (χ0v) is 17.9. The normalized spacial score (nSPS) is 20.3. The molecule has 7 nitrogen and oxygen atoms in total. The Balaban J connectivity index is 1.87. The fraction of sp³-hybridized carbons (Fsp3) is 0.217. The summed E-state index contributed by atoms with van der Waals surface area (Å²) in [5.41, 5.74) is 6.37. The van der Waals surface area contributed by atoms with Gasteiger partial charge >= 0.3 is 0 Å². The van der Waals surface area contributed by atoms with Crippen LogP contribution < -0.4 is 11.1 Å². The van der Waals surface area contributed by atoms with Gasteiger partial charge in [0.1, 0.15) is 24.3 Å². The molecule has 1 aliphatic carbocycles. The molecule has 0 spiro atoms. The number of dihydropyridines is 1. The lowest BCUT2D eigenvalue weighted by Gasteiger charge is -2.27. The number of hydrogen-bond acceptors (Lipinski definition) is 6. The highest BCUT2D eigenvalue weighted by Gasteiger charge is 2.26. The molecule has 2 unspecified atom stereocenters. The number of rotatable bonds is 7. The van der Waals surface area contributed by atoms with Crippen LogP contribution in [0.4, 0.5) is 4.39 Å². The highest BCUT2D eigenvalue weighted by atomic mass is 35.5. The second-order valence-electron chi connectivity index (χ2n) is 7.28. The van der Waals surface area contributed by atoms with Crippen LogP contribution in [0.15, 0.2) is 77.9 Å². The molecule has 1 aliphatic heterocycles. The molecule has 2 aliphatic rings. The Morgan fingerprint density at radius 3 is 2.88 bits per heavy atom. The van der Waals surface area contributed by atoms with E-state index >= 15 is 0 Å². The van der Waals surface area contributed by atoms with E-state index in [-0.39, 0.29) is 40.2 Å². The Morgan fingerprint density at radius 2 is 2.22 bits per heavy atom. The molecular weight excluding hydrogens is 435 g/mol. The zero-order valence-electron chi connectivity index (χ0n) is 17.1. The second-order valence-corrected chi connectivity index (χ2v) is 7.85. The van der Waals surface area contributed by atoms with Crippen molar-refractivity contribution in [2.75, 3.05) is 13.3 Å². The van der Waals surface area contributed by atoms with Gasteiger partial charge in [0.05, 0.1) is 23.2 Å². The minimum absolute atomic E-state index is 0.00494. The molecule has 32 heavy (non-hydrogen) atoms. The molecule has 168 valence electrons. The van der Waals surface area contributed by atoms with E-state index in [0.29, 0.717) is 12.0 Å². The van der Waals surface area contributed by atoms with Gasteiger partial charge in [-0.25, -0.2) is 4.39 Å². The van der Waals surface area contributed by atoms with Gasteiger partial charge < -0.3 is 31.6 Å². The first kappa shape index (κ1) is 23.3. The fourth-order valence-electron chi connectivity index (χ4n) is 3.36. The van der Waals surface area contributed by atoms with E-state index in [9.17, 15) is 19.4 Å². The molecule has 1 aromatic carbocycles. The first-order chi connectivity index (χ1) is 15.3. The monoisotopic (exact) mass is 458 g/mol. The topological polar surface area (TPSA) is 123 Å². The number of benzene rings is 1. The quantitative estimate of drug-likeness (QED) is 0.244. The highest BCUT2D eigenvalue weighted by molar-refractivity contribution is 6.22. The Morgan fingerprint density at radius 1 is 1.44 bits per heavy atom. The van der Waals surface area contributed by atoms with E-state index in [1.165, 1.54) is 24.3 Å². The summed E-state index contributed by atoms with van der Waals surface area (Å²) in [4.78, 5) is 14.2. The van der Waals surface area contributed by atoms with Crippen LogP contribution in [0, 0.1) is 11.2 Å². The smallest absolute Gasteiger partial charge is 0.256 e. The fourth-order valence-corrected chi connectivity index (χ4v) is 3.52.